The number of nitrogens with one attached hydrogen (secondary N) is 2. The number of fused-ring (bicyclic) bond motifs is 1. The predicted octanol–water partition coefficient (Wildman–Crippen LogP) is 3.89. The van der Waals surface area contributed by atoms with Gasteiger partial charge in [0.15, 0.2) is 0 Å². The number of rotatable bonds is 6. The molecule has 1 saturated carbocycles. The summed E-state index contributed by atoms with van der Waals surface area (Å²) in [6.07, 6.45) is 7.88. The number of imidazole rings is 1. The minimum Gasteiger partial charge on any atom is -0.390 e. The van der Waals surface area contributed by atoms with Gasteiger partial charge in [0.1, 0.15) is 17.4 Å². The number of hydrogen-bond donors (Lipinski definition) is 2. The van der Waals surface area contributed by atoms with E-state index in [-0.39, 0.29) is 18.7 Å². The van der Waals surface area contributed by atoms with E-state index < -0.39 is 11.3 Å². The summed E-state index contributed by atoms with van der Waals surface area (Å²) in [5.74, 6) is -2.65. The van der Waals surface area contributed by atoms with Gasteiger partial charge in [0.2, 0.25) is 0 Å². The molecule has 3 aromatic rings. The van der Waals surface area contributed by atoms with Gasteiger partial charge in [-0.1, -0.05) is 6.92 Å². The van der Waals surface area contributed by atoms with Crippen LogP contribution in [0.4, 0.5) is 8.78 Å². The Hall–Kier alpha value is -3.60. The van der Waals surface area contributed by atoms with Gasteiger partial charge < -0.3 is 15.1 Å². The molecule has 0 amide bonds. The van der Waals surface area contributed by atoms with E-state index >= 15 is 0 Å². The van der Waals surface area contributed by atoms with Gasteiger partial charge in [-0.25, -0.2) is 18.7 Å². The van der Waals surface area contributed by atoms with E-state index in [0.29, 0.717) is 16.8 Å². The lowest BCUT2D eigenvalue weighted by Crippen LogP contribution is -2.22. The number of halogens is 2. The summed E-state index contributed by atoms with van der Waals surface area (Å²) in [7, 11) is 0. The lowest BCUT2D eigenvalue weighted by Gasteiger charge is -2.13. The molecule has 0 saturated heterocycles. The van der Waals surface area contributed by atoms with Crippen LogP contribution in [0.15, 0.2) is 49.1 Å². The molecule has 8 heteroatoms. The second-order valence-electron chi connectivity index (χ2n) is 7.38. The number of hydrogen-bond acceptors (Lipinski definition) is 5. The maximum absolute atomic E-state index is 13.4. The molecule has 1 fully saturated rings. The lowest BCUT2D eigenvalue weighted by molar-refractivity contribution is 0.0710. The highest BCUT2D eigenvalue weighted by atomic mass is 19.3. The number of allylic oxidation sites excluding steroid dienone is 1. The zero-order valence-electron chi connectivity index (χ0n) is 15.7. The number of alkyl halides is 2. The van der Waals surface area contributed by atoms with Crippen molar-refractivity contribution >= 4 is 17.4 Å². The molecule has 3 aromatic heterocycles. The molecule has 6 nitrogen and oxygen atoms in total. The first kappa shape index (κ1) is 18.7. The van der Waals surface area contributed by atoms with Gasteiger partial charge in [0.05, 0.1) is 11.1 Å². The molecule has 29 heavy (non-hydrogen) atoms. The van der Waals surface area contributed by atoms with Gasteiger partial charge in [-0.15, -0.1) is 0 Å². The Balaban J connectivity index is 1.71. The van der Waals surface area contributed by atoms with E-state index in [0.717, 1.165) is 17.4 Å². The summed E-state index contributed by atoms with van der Waals surface area (Å²) in [4.78, 5) is 8.69. The molecule has 2 N–H and O–H groups in total. The molecule has 1 aliphatic rings. The van der Waals surface area contributed by atoms with Crippen LogP contribution in [0.1, 0.15) is 24.6 Å². The Kier molecular flexibility index (Phi) is 4.38. The molecule has 3 heterocycles. The molecular formula is C21H18F2N6. The van der Waals surface area contributed by atoms with E-state index in [1.54, 1.807) is 24.5 Å². The minimum absolute atomic E-state index is 0.108. The quantitative estimate of drug-likeness (QED) is 0.623. The summed E-state index contributed by atoms with van der Waals surface area (Å²) in [6.45, 7) is 1.64. The lowest BCUT2D eigenvalue weighted by atomic mass is 10.00. The Morgan fingerprint density at radius 2 is 2.17 bits per heavy atom. The molecule has 0 spiro atoms. The third-order valence-electron chi connectivity index (χ3n) is 5.27. The van der Waals surface area contributed by atoms with Crippen molar-refractivity contribution in [2.24, 2.45) is 5.41 Å². The van der Waals surface area contributed by atoms with Crippen molar-refractivity contribution in [3.05, 3.63) is 60.3 Å². The van der Waals surface area contributed by atoms with Gasteiger partial charge in [-0.3, -0.25) is 0 Å². The Bertz CT molecular complexity index is 1170. The maximum Gasteiger partial charge on any atom is 0.256 e. The molecule has 4 rings (SSSR count). The predicted molar refractivity (Wildman–Crippen MR) is 106 cm³/mol. The highest BCUT2D eigenvalue weighted by Crippen LogP contribution is 2.59. The van der Waals surface area contributed by atoms with Gasteiger partial charge in [-0.2, -0.15) is 5.26 Å². The van der Waals surface area contributed by atoms with Crippen molar-refractivity contribution in [2.75, 3.05) is 6.54 Å². The maximum atomic E-state index is 13.4. The average Bonchev–Trinajstić information content (AvgIpc) is 3.04. The smallest absolute Gasteiger partial charge is 0.256 e. The normalized spacial score (nSPS) is 20.3. The first-order valence-corrected chi connectivity index (χ1v) is 9.03. The summed E-state index contributed by atoms with van der Waals surface area (Å²) in [6, 6.07) is 9.00. The van der Waals surface area contributed by atoms with Crippen molar-refractivity contribution in [1.29, 1.82) is 10.7 Å². The van der Waals surface area contributed by atoms with Crippen LogP contribution in [-0.4, -0.2) is 33.1 Å². The molecule has 0 aliphatic heterocycles. The van der Waals surface area contributed by atoms with Crippen molar-refractivity contribution < 1.29 is 8.78 Å². The molecule has 0 bridgehead atoms. The van der Waals surface area contributed by atoms with Crippen LogP contribution in [0.5, 0.6) is 0 Å². The number of aromatic nitrogens is 3. The zero-order chi connectivity index (χ0) is 20.6. The van der Waals surface area contributed by atoms with Gasteiger partial charge in [0, 0.05) is 60.7 Å². The Morgan fingerprint density at radius 3 is 2.86 bits per heavy atom. The Morgan fingerprint density at radius 1 is 1.38 bits per heavy atom. The summed E-state index contributed by atoms with van der Waals surface area (Å²) < 4.78 is 28.7. The average molecular weight is 392 g/mol. The largest absolute Gasteiger partial charge is 0.390 e. The molecule has 1 unspecified atom stereocenters. The molecule has 1 aliphatic carbocycles. The van der Waals surface area contributed by atoms with Crippen LogP contribution in [0, 0.1) is 22.2 Å². The molecule has 0 radical (unpaired) electrons. The Labute approximate surface area is 166 Å². The van der Waals surface area contributed by atoms with Crippen LogP contribution >= 0.6 is 0 Å². The van der Waals surface area contributed by atoms with Gasteiger partial charge >= 0.3 is 0 Å². The SMILES string of the molecule is CC1(CN/C=C(\C=N)c2ccc(C#N)nc2-c2ccn3ccnc3c2)CC1(F)F. The molecule has 1 atom stereocenters. The summed E-state index contributed by atoms with van der Waals surface area (Å²) in [5, 5.41) is 20.0. The topological polar surface area (TPSA) is 89.9 Å². The molecule has 146 valence electrons. The summed E-state index contributed by atoms with van der Waals surface area (Å²) in [5.41, 5.74) is 2.27. The van der Waals surface area contributed by atoms with E-state index in [1.165, 1.54) is 6.92 Å². The van der Waals surface area contributed by atoms with Crippen molar-refractivity contribution in [1.82, 2.24) is 19.7 Å². The minimum atomic E-state index is -2.65. The number of pyridine rings is 2. The van der Waals surface area contributed by atoms with Crippen LogP contribution < -0.4 is 5.32 Å². The second kappa shape index (κ2) is 6.78. The third kappa shape index (κ3) is 3.36. The summed E-state index contributed by atoms with van der Waals surface area (Å²) >= 11 is 0. The van der Waals surface area contributed by atoms with E-state index in [2.05, 4.69) is 15.3 Å². The van der Waals surface area contributed by atoms with Crippen LogP contribution in [-0.2, 0) is 0 Å². The van der Waals surface area contributed by atoms with Crippen molar-refractivity contribution in [3.8, 4) is 17.3 Å². The molecule has 0 aromatic carbocycles. The highest BCUT2D eigenvalue weighted by molar-refractivity contribution is 6.10. The van der Waals surface area contributed by atoms with Crippen LogP contribution in [0.3, 0.4) is 0 Å². The van der Waals surface area contributed by atoms with E-state index in [9.17, 15) is 14.0 Å². The number of nitrogens with zero attached hydrogens (tertiary/aromatic N) is 4. The van der Waals surface area contributed by atoms with Crippen molar-refractivity contribution in [3.63, 3.8) is 0 Å². The second-order valence-corrected chi connectivity index (χ2v) is 7.38. The molecular weight excluding hydrogens is 374 g/mol. The fraction of sp³-hybridized carbons (Fsp3) is 0.238. The van der Waals surface area contributed by atoms with E-state index in [4.69, 9.17) is 5.41 Å². The monoisotopic (exact) mass is 392 g/mol. The van der Waals surface area contributed by atoms with Gasteiger partial charge in [0.25, 0.3) is 5.92 Å². The standard InChI is InChI=1S/C21H18F2N6/c1-20(12-21(20,22)23)13-26-11-15(9-24)17-3-2-16(10-25)28-19(17)14-4-6-29-7-5-27-18(29)8-14/h2-9,11,24,26H,12-13H2,1H3/b15-11+,24-9?. The zero-order valence-corrected chi connectivity index (χ0v) is 15.7. The number of nitriles is 1. The fourth-order valence-electron chi connectivity index (χ4n) is 3.25. The first-order valence-electron chi connectivity index (χ1n) is 9.03. The van der Waals surface area contributed by atoms with Gasteiger partial charge in [-0.05, 0) is 24.3 Å². The fourth-order valence-corrected chi connectivity index (χ4v) is 3.25. The van der Waals surface area contributed by atoms with E-state index in [1.807, 2.05) is 35.0 Å². The highest BCUT2D eigenvalue weighted by Gasteiger charge is 2.67. The van der Waals surface area contributed by atoms with Crippen molar-refractivity contribution in [2.45, 2.75) is 19.3 Å². The third-order valence-corrected chi connectivity index (χ3v) is 5.27. The van der Waals surface area contributed by atoms with Crippen LogP contribution in [0.2, 0.25) is 0 Å². The first-order chi connectivity index (χ1) is 13.9. The van der Waals surface area contributed by atoms with Crippen LogP contribution in [0.25, 0.3) is 22.5 Å².